The number of ether oxygens (including phenoxy) is 1. The first-order valence-electron chi connectivity index (χ1n) is 5.70. The second-order valence-electron chi connectivity index (χ2n) is 3.93. The molecule has 1 heterocycles. The van der Waals surface area contributed by atoms with Crippen LogP contribution in [0.25, 0.3) is 0 Å². The molecule has 0 saturated heterocycles. The van der Waals surface area contributed by atoms with Crippen molar-refractivity contribution >= 4 is 43.3 Å². The minimum atomic E-state index is -3.82. The van der Waals surface area contributed by atoms with Crippen molar-refractivity contribution in [3.63, 3.8) is 0 Å². The highest BCUT2D eigenvalue weighted by molar-refractivity contribution is 9.10. The van der Waals surface area contributed by atoms with E-state index in [2.05, 4.69) is 30.4 Å². The normalized spacial score (nSPS) is 11.3. The van der Waals surface area contributed by atoms with Crippen LogP contribution in [0, 0.1) is 0 Å². The monoisotopic (exact) mass is 390 g/mol. The average Bonchev–Trinajstić information content (AvgIpc) is 2.96. The van der Waals surface area contributed by atoms with Crippen LogP contribution in [0.2, 0.25) is 0 Å². The van der Waals surface area contributed by atoms with Gasteiger partial charge in [0.1, 0.15) is 0 Å². The average molecular weight is 391 g/mol. The van der Waals surface area contributed by atoms with Crippen LogP contribution in [0.3, 0.4) is 0 Å². The summed E-state index contributed by atoms with van der Waals surface area (Å²) in [4.78, 5) is 15.2. The van der Waals surface area contributed by atoms with Gasteiger partial charge in [-0.1, -0.05) is 28.1 Å². The summed E-state index contributed by atoms with van der Waals surface area (Å²) in [6.45, 7) is 0.119. The smallest absolute Gasteiger partial charge is 0.358 e. The van der Waals surface area contributed by atoms with E-state index in [1.807, 2.05) is 12.1 Å². The van der Waals surface area contributed by atoms with Crippen LogP contribution in [0.1, 0.15) is 16.1 Å². The zero-order chi connectivity index (χ0) is 15.5. The minimum Gasteiger partial charge on any atom is -0.464 e. The van der Waals surface area contributed by atoms with Gasteiger partial charge in [0.2, 0.25) is 0 Å². The first-order chi connectivity index (χ1) is 9.94. The van der Waals surface area contributed by atoms with Crippen LogP contribution in [0.15, 0.2) is 38.5 Å². The fourth-order valence-corrected chi connectivity index (χ4v) is 3.96. The van der Waals surface area contributed by atoms with Crippen LogP contribution >= 0.6 is 27.3 Å². The number of carbonyl (C=O) groups is 1. The summed E-state index contributed by atoms with van der Waals surface area (Å²) in [6, 6.07) is 7.22. The SMILES string of the molecule is COC(=O)c1ncsc1S(=O)(=O)NCc1ccc(Br)cc1. The molecule has 6 nitrogen and oxygen atoms in total. The molecule has 0 aliphatic heterocycles. The number of hydrogen-bond donors (Lipinski definition) is 1. The lowest BCUT2D eigenvalue weighted by molar-refractivity contribution is 0.0590. The predicted molar refractivity (Wildman–Crippen MR) is 81.6 cm³/mol. The first kappa shape index (κ1) is 16.1. The predicted octanol–water partition coefficient (Wildman–Crippen LogP) is 2.17. The number of rotatable bonds is 5. The van der Waals surface area contributed by atoms with Gasteiger partial charge in [0.05, 0.1) is 12.6 Å². The number of hydrogen-bond acceptors (Lipinski definition) is 6. The van der Waals surface area contributed by atoms with Crippen LogP contribution in [0.5, 0.6) is 0 Å². The molecule has 112 valence electrons. The quantitative estimate of drug-likeness (QED) is 0.790. The van der Waals surface area contributed by atoms with E-state index in [0.29, 0.717) is 0 Å². The highest BCUT2D eigenvalue weighted by Gasteiger charge is 2.26. The van der Waals surface area contributed by atoms with E-state index >= 15 is 0 Å². The lowest BCUT2D eigenvalue weighted by Gasteiger charge is -2.06. The Kier molecular flexibility index (Phi) is 5.09. The van der Waals surface area contributed by atoms with Gasteiger partial charge >= 0.3 is 5.97 Å². The molecule has 0 bridgehead atoms. The molecule has 0 fully saturated rings. The molecule has 0 spiro atoms. The lowest BCUT2D eigenvalue weighted by Crippen LogP contribution is -2.24. The molecule has 2 rings (SSSR count). The van der Waals surface area contributed by atoms with E-state index in [1.54, 1.807) is 12.1 Å². The van der Waals surface area contributed by atoms with Gasteiger partial charge in [0.25, 0.3) is 10.0 Å². The Morgan fingerprint density at radius 1 is 1.38 bits per heavy atom. The Labute approximate surface area is 134 Å². The molecule has 0 aliphatic carbocycles. The number of esters is 1. The molecular weight excluding hydrogens is 380 g/mol. The van der Waals surface area contributed by atoms with Crippen LogP contribution in [-0.2, 0) is 21.3 Å². The molecule has 2 aromatic rings. The molecule has 0 aliphatic rings. The summed E-state index contributed by atoms with van der Waals surface area (Å²) in [5.74, 6) is -0.778. The molecule has 9 heteroatoms. The molecule has 0 amide bonds. The molecule has 1 aromatic carbocycles. The second-order valence-corrected chi connectivity index (χ2v) is 7.66. The number of nitrogens with one attached hydrogen (secondary N) is 1. The van der Waals surface area contributed by atoms with Crippen molar-refractivity contribution in [2.45, 2.75) is 10.8 Å². The summed E-state index contributed by atoms with van der Waals surface area (Å²) in [5, 5.41) is 0. The summed E-state index contributed by atoms with van der Waals surface area (Å²) >= 11 is 4.17. The van der Waals surface area contributed by atoms with Crippen molar-refractivity contribution in [1.82, 2.24) is 9.71 Å². The van der Waals surface area contributed by atoms with Crippen LogP contribution < -0.4 is 4.72 Å². The van der Waals surface area contributed by atoms with E-state index in [4.69, 9.17) is 0 Å². The molecular formula is C12H11BrN2O4S2. The maximum absolute atomic E-state index is 12.2. The molecule has 21 heavy (non-hydrogen) atoms. The van der Waals surface area contributed by atoms with Gasteiger partial charge in [-0.3, -0.25) is 0 Å². The zero-order valence-electron chi connectivity index (χ0n) is 10.9. The van der Waals surface area contributed by atoms with Crippen molar-refractivity contribution in [3.05, 3.63) is 45.5 Å². The Bertz CT molecular complexity index is 741. The van der Waals surface area contributed by atoms with Crippen molar-refractivity contribution in [1.29, 1.82) is 0 Å². The van der Waals surface area contributed by atoms with E-state index in [9.17, 15) is 13.2 Å². The zero-order valence-corrected chi connectivity index (χ0v) is 14.1. The van der Waals surface area contributed by atoms with Crippen LogP contribution in [0.4, 0.5) is 0 Å². The van der Waals surface area contributed by atoms with Gasteiger partial charge in [0.15, 0.2) is 9.90 Å². The molecule has 0 atom stereocenters. The Morgan fingerprint density at radius 3 is 2.67 bits per heavy atom. The topological polar surface area (TPSA) is 85.4 Å². The first-order valence-corrected chi connectivity index (χ1v) is 8.85. The van der Waals surface area contributed by atoms with Crippen molar-refractivity contribution in [2.75, 3.05) is 7.11 Å². The third-order valence-electron chi connectivity index (χ3n) is 2.54. The van der Waals surface area contributed by atoms with E-state index < -0.39 is 16.0 Å². The number of carbonyl (C=O) groups excluding carboxylic acids is 1. The summed E-state index contributed by atoms with van der Waals surface area (Å²) < 4.78 is 32.1. The van der Waals surface area contributed by atoms with Gasteiger partial charge in [0, 0.05) is 11.0 Å². The Morgan fingerprint density at radius 2 is 2.05 bits per heavy atom. The minimum absolute atomic E-state index is 0.119. The Hall–Kier alpha value is -1.29. The second kappa shape index (κ2) is 6.65. The molecule has 1 N–H and O–H groups in total. The molecule has 0 unspecified atom stereocenters. The van der Waals surface area contributed by atoms with Crippen LogP contribution in [-0.4, -0.2) is 26.5 Å². The number of sulfonamides is 1. The van der Waals surface area contributed by atoms with E-state index in [1.165, 1.54) is 12.6 Å². The highest BCUT2D eigenvalue weighted by Crippen LogP contribution is 2.21. The number of benzene rings is 1. The van der Waals surface area contributed by atoms with E-state index in [0.717, 1.165) is 21.4 Å². The number of aromatic nitrogens is 1. The summed E-state index contributed by atoms with van der Waals surface area (Å²) in [6.07, 6.45) is 0. The lowest BCUT2D eigenvalue weighted by atomic mass is 10.2. The van der Waals surface area contributed by atoms with Crippen molar-refractivity contribution < 1.29 is 17.9 Å². The largest absolute Gasteiger partial charge is 0.464 e. The number of nitrogens with zero attached hydrogens (tertiary/aromatic N) is 1. The summed E-state index contributed by atoms with van der Waals surface area (Å²) in [7, 11) is -2.64. The van der Waals surface area contributed by atoms with Gasteiger partial charge in [-0.05, 0) is 17.7 Å². The number of thiazole rings is 1. The summed E-state index contributed by atoms with van der Waals surface area (Å²) in [5.41, 5.74) is 1.89. The maximum Gasteiger partial charge on any atom is 0.358 e. The van der Waals surface area contributed by atoms with Gasteiger partial charge in [-0.15, -0.1) is 11.3 Å². The van der Waals surface area contributed by atoms with Crippen molar-refractivity contribution in [3.8, 4) is 0 Å². The van der Waals surface area contributed by atoms with Gasteiger partial charge in [-0.2, -0.15) is 0 Å². The third kappa shape index (κ3) is 3.88. The van der Waals surface area contributed by atoms with E-state index in [-0.39, 0.29) is 16.4 Å². The van der Waals surface area contributed by atoms with Gasteiger partial charge < -0.3 is 4.74 Å². The molecule has 0 saturated carbocycles. The fourth-order valence-electron chi connectivity index (χ4n) is 1.50. The number of halogens is 1. The highest BCUT2D eigenvalue weighted by atomic mass is 79.9. The standard InChI is InChI=1S/C12H11BrN2O4S2/c1-19-11(16)10-12(20-7-14-10)21(17,18)15-6-8-2-4-9(13)5-3-8/h2-5,7,15H,6H2,1H3. The number of methoxy groups -OCH3 is 1. The van der Waals surface area contributed by atoms with Crippen molar-refractivity contribution in [2.24, 2.45) is 0 Å². The van der Waals surface area contributed by atoms with Gasteiger partial charge in [-0.25, -0.2) is 22.9 Å². The maximum atomic E-state index is 12.2. The molecule has 1 aromatic heterocycles. The third-order valence-corrected chi connectivity index (χ3v) is 5.84. The Balaban J connectivity index is 2.17. The molecule has 0 radical (unpaired) electrons. The fraction of sp³-hybridized carbons (Fsp3) is 0.167.